The topological polar surface area (TPSA) is 77.5 Å². The molecule has 0 unspecified atom stereocenters. The highest BCUT2D eigenvalue weighted by Crippen LogP contribution is 2.35. The van der Waals surface area contributed by atoms with Gasteiger partial charge in [0.15, 0.2) is 11.5 Å². The lowest BCUT2D eigenvalue weighted by Gasteiger charge is -2.37. The lowest BCUT2D eigenvalue weighted by Crippen LogP contribution is -2.49. The third-order valence-corrected chi connectivity index (χ3v) is 8.24. The summed E-state index contributed by atoms with van der Waals surface area (Å²) in [6.07, 6.45) is 2.54. The molecule has 0 N–H and O–H groups in total. The SMILES string of the molecule is O=C(c1ccc2c(c1)OCO2)N(CC(=O)N1CCc2sccc2[C@@H]1COc1ccccc1)C[C@H]1CCCO1. The molecule has 1 fully saturated rings. The van der Waals surface area contributed by atoms with E-state index in [1.165, 1.54) is 4.88 Å². The average Bonchev–Trinajstić information content (AvgIpc) is 3.73. The van der Waals surface area contributed by atoms with Crippen LogP contribution >= 0.6 is 11.3 Å². The second-order valence-electron chi connectivity index (χ2n) is 9.66. The van der Waals surface area contributed by atoms with Crippen molar-refractivity contribution in [2.24, 2.45) is 0 Å². The molecule has 1 aromatic heterocycles. The number of carbonyl (C=O) groups excluding carboxylic acids is 2. The van der Waals surface area contributed by atoms with Crippen molar-refractivity contribution < 1.29 is 28.5 Å². The number of para-hydroxylation sites is 1. The largest absolute Gasteiger partial charge is 0.491 e. The van der Waals surface area contributed by atoms with E-state index in [0.29, 0.717) is 43.4 Å². The molecule has 6 rings (SSSR count). The van der Waals surface area contributed by atoms with E-state index in [2.05, 4.69) is 11.4 Å². The molecule has 3 aliphatic heterocycles. The number of fused-ring (bicyclic) bond motifs is 2. The fourth-order valence-corrected chi connectivity index (χ4v) is 6.21. The van der Waals surface area contributed by atoms with E-state index in [1.54, 1.807) is 34.4 Å². The lowest BCUT2D eigenvalue weighted by molar-refractivity contribution is -0.135. The molecule has 38 heavy (non-hydrogen) atoms. The molecule has 0 spiro atoms. The summed E-state index contributed by atoms with van der Waals surface area (Å²) in [4.78, 5) is 32.3. The van der Waals surface area contributed by atoms with E-state index in [0.717, 1.165) is 30.6 Å². The van der Waals surface area contributed by atoms with Gasteiger partial charge in [0.25, 0.3) is 5.91 Å². The van der Waals surface area contributed by atoms with Crippen molar-refractivity contribution >= 4 is 23.2 Å². The van der Waals surface area contributed by atoms with Crippen LogP contribution in [0.4, 0.5) is 0 Å². The molecule has 9 heteroatoms. The van der Waals surface area contributed by atoms with E-state index in [9.17, 15) is 9.59 Å². The Labute approximate surface area is 225 Å². The minimum atomic E-state index is -0.225. The number of nitrogens with zero attached hydrogens (tertiary/aromatic N) is 2. The molecule has 198 valence electrons. The fraction of sp³-hybridized carbons (Fsp3) is 0.379. The smallest absolute Gasteiger partial charge is 0.254 e. The summed E-state index contributed by atoms with van der Waals surface area (Å²) in [5.41, 5.74) is 1.58. The van der Waals surface area contributed by atoms with Crippen LogP contribution < -0.4 is 14.2 Å². The monoisotopic (exact) mass is 534 g/mol. The van der Waals surface area contributed by atoms with Gasteiger partial charge in [-0.15, -0.1) is 11.3 Å². The summed E-state index contributed by atoms with van der Waals surface area (Å²) in [6, 6.07) is 16.6. The molecule has 3 aromatic rings. The molecule has 4 heterocycles. The summed E-state index contributed by atoms with van der Waals surface area (Å²) in [5, 5.41) is 2.07. The summed E-state index contributed by atoms with van der Waals surface area (Å²) >= 11 is 1.71. The number of carbonyl (C=O) groups is 2. The molecule has 2 atom stereocenters. The van der Waals surface area contributed by atoms with Crippen LogP contribution in [0.1, 0.15) is 39.7 Å². The maximum atomic E-state index is 13.9. The molecule has 1 saturated heterocycles. The zero-order valence-electron chi connectivity index (χ0n) is 21.0. The van der Waals surface area contributed by atoms with E-state index in [4.69, 9.17) is 18.9 Å². The van der Waals surface area contributed by atoms with Crippen LogP contribution in [-0.4, -0.2) is 67.4 Å². The number of hydrogen-bond donors (Lipinski definition) is 0. The van der Waals surface area contributed by atoms with Gasteiger partial charge in [0.1, 0.15) is 18.9 Å². The van der Waals surface area contributed by atoms with Gasteiger partial charge < -0.3 is 28.7 Å². The molecule has 0 bridgehead atoms. The predicted molar refractivity (Wildman–Crippen MR) is 142 cm³/mol. The highest BCUT2D eigenvalue weighted by atomic mass is 32.1. The van der Waals surface area contributed by atoms with Crippen molar-refractivity contribution in [2.45, 2.75) is 31.4 Å². The van der Waals surface area contributed by atoms with E-state index < -0.39 is 0 Å². The van der Waals surface area contributed by atoms with E-state index in [-0.39, 0.29) is 37.3 Å². The molecule has 8 nitrogen and oxygen atoms in total. The Balaban J connectivity index is 1.22. The Hall–Kier alpha value is -3.56. The first kappa shape index (κ1) is 24.8. The lowest BCUT2D eigenvalue weighted by atomic mass is 10.00. The third-order valence-electron chi connectivity index (χ3n) is 7.25. The minimum absolute atomic E-state index is 0.0333. The molecule has 0 saturated carbocycles. The summed E-state index contributed by atoms with van der Waals surface area (Å²) in [7, 11) is 0. The van der Waals surface area contributed by atoms with Crippen molar-refractivity contribution in [1.82, 2.24) is 9.80 Å². The number of amides is 2. The maximum absolute atomic E-state index is 13.9. The highest BCUT2D eigenvalue weighted by Gasteiger charge is 2.35. The molecule has 0 radical (unpaired) electrons. The zero-order chi connectivity index (χ0) is 25.9. The first-order chi connectivity index (χ1) is 18.7. The van der Waals surface area contributed by atoms with Crippen LogP contribution in [0, 0.1) is 0 Å². The second-order valence-corrected chi connectivity index (χ2v) is 10.7. The van der Waals surface area contributed by atoms with Gasteiger partial charge in [-0.2, -0.15) is 0 Å². The van der Waals surface area contributed by atoms with Gasteiger partial charge in [0.2, 0.25) is 12.7 Å². The summed E-state index contributed by atoms with van der Waals surface area (Å²) < 4.78 is 22.8. The molecule has 0 aliphatic carbocycles. The average molecular weight is 535 g/mol. The van der Waals surface area contributed by atoms with Crippen molar-refractivity contribution in [3.63, 3.8) is 0 Å². The number of benzene rings is 2. The Morgan fingerprint density at radius 3 is 2.79 bits per heavy atom. The standard InChI is InChI=1S/C29H30N2O6S/c32-28(31-12-10-27-23(11-14-38-27)24(31)18-35-21-5-2-1-3-6-21)17-30(16-22-7-4-13-34-22)29(33)20-8-9-25-26(15-20)37-19-36-25/h1-3,5-6,8-9,11,14-15,22,24H,4,7,10,12-13,16-19H2/t22-,24+/m1/s1. The fourth-order valence-electron chi connectivity index (χ4n) is 5.29. The van der Waals surface area contributed by atoms with Gasteiger partial charge in [-0.1, -0.05) is 18.2 Å². The van der Waals surface area contributed by atoms with Crippen molar-refractivity contribution in [1.29, 1.82) is 0 Å². The van der Waals surface area contributed by atoms with E-state index >= 15 is 0 Å². The van der Waals surface area contributed by atoms with Crippen molar-refractivity contribution in [3.05, 3.63) is 76.0 Å². The normalized spacial score (nSPS) is 19.7. The molecule has 3 aliphatic rings. The maximum Gasteiger partial charge on any atom is 0.254 e. The Morgan fingerprint density at radius 2 is 1.95 bits per heavy atom. The number of hydrogen-bond acceptors (Lipinski definition) is 7. The van der Waals surface area contributed by atoms with Gasteiger partial charge in [-0.3, -0.25) is 9.59 Å². The van der Waals surface area contributed by atoms with Gasteiger partial charge >= 0.3 is 0 Å². The van der Waals surface area contributed by atoms with Crippen LogP contribution in [0.3, 0.4) is 0 Å². The minimum Gasteiger partial charge on any atom is -0.491 e. The van der Waals surface area contributed by atoms with Gasteiger partial charge in [0.05, 0.1) is 12.1 Å². The third kappa shape index (κ3) is 5.21. The van der Waals surface area contributed by atoms with Gasteiger partial charge in [0, 0.05) is 30.1 Å². The van der Waals surface area contributed by atoms with Crippen LogP contribution in [0.2, 0.25) is 0 Å². The van der Waals surface area contributed by atoms with Crippen molar-refractivity contribution in [2.75, 3.05) is 39.6 Å². The molecular formula is C29H30N2O6S. The molecular weight excluding hydrogens is 504 g/mol. The quantitative estimate of drug-likeness (QED) is 0.429. The van der Waals surface area contributed by atoms with Crippen LogP contribution in [-0.2, 0) is 16.0 Å². The molecule has 2 amide bonds. The van der Waals surface area contributed by atoms with Crippen LogP contribution in [0.25, 0.3) is 0 Å². The summed E-state index contributed by atoms with van der Waals surface area (Å²) in [5.74, 6) is 1.59. The van der Waals surface area contributed by atoms with Crippen molar-refractivity contribution in [3.8, 4) is 17.2 Å². The number of ether oxygens (including phenoxy) is 4. The van der Waals surface area contributed by atoms with Crippen LogP contribution in [0.5, 0.6) is 17.2 Å². The highest BCUT2D eigenvalue weighted by molar-refractivity contribution is 7.10. The Bertz CT molecular complexity index is 1290. The first-order valence-electron chi connectivity index (χ1n) is 13.0. The molecule has 2 aromatic carbocycles. The summed E-state index contributed by atoms with van der Waals surface area (Å²) in [6.45, 7) is 2.08. The Morgan fingerprint density at radius 1 is 1.08 bits per heavy atom. The number of rotatable bonds is 8. The first-order valence-corrected chi connectivity index (χ1v) is 13.9. The van der Waals surface area contributed by atoms with Gasteiger partial charge in [-0.05, 0) is 66.6 Å². The Kier molecular flexibility index (Phi) is 7.20. The predicted octanol–water partition coefficient (Wildman–Crippen LogP) is 4.30. The van der Waals surface area contributed by atoms with E-state index in [1.807, 2.05) is 35.2 Å². The number of thiophene rings is 1. The zero-order valence-corrected chi connectivity index (χ0v) is 21.9. The second kappa shape index (κ2) is 11.0. The van der Waals surface area contributed by atoms with Crippen LogP contribution in [0.15, 0.2) is 60.0 Å². The van der Waals surface area contributed by atoms with Gasteiger partial charge in [-0.25, -0.2) is 0 Å².